The van der Waals surface area contributed by atoms with Crippen LogP contribution >= 0.6 is 11.3 Å². The molecule has 0 aromatic carbocycles. The number of rotatable bonds is 1. The Morgan fingerprint density at radius 1 is 1.12 bits per heavy atom. The monoisotopic (exact) mass is 228 g/mol. The third kappa shape index (κ3) is 1.51. The molecule has 3 aromatic rings. The van der Waals surface area contributed by atoms with E-state index in [9.17, 15) is 0 Å². The van der Waals surface area contributed by atoms with Crippen molar-refractivity contribution in [2.24, 2.45) is 0 Å². The number of anilines is 1. The molecule has 0 aliphatic carbocycles. The van der Waals surface area contributed by atoms with Crippen LogP contribution in [0.25, 0.3) is 20.8 Å². The number of hydrogen-bond acceptors (Lipinski definition) is 5. The van der Waals surface area contributed by atoms with E-state index in [0.29, 0.717) is 5.69 Å². The summed E-state index contributed by atoms with van der Waals surface area (Å²) in [5.74, 6) is 0. The minimum absolute atomic E-state index is 0.648. The van der Waals surface area contributed by atoms with Gasteiger partial charge in [0.15, 0.2) is 0 Å². The van der Waals surface area contributed by atoms with Crippen molar-refractivity contribution in [3.8, 4) is 10.6 Å². The van der Waals surface area contributed by atoms with E-state index in [1.165, 1.54) is 0 Å². The molecule has 16 heavy (non-hydrogen) atoms. The fourth-order valence-electron chi connectivity index (χ4n) is 1.48. The molecule has 0 aliphatic rings. The van der Waals surface area contributed by atoms with E-state index >= 15 is 0 Å². The van der Waals surface area contributed by atoms with Crippen molar-refractivity contribution in [1.82, 2.24) is 15.0 Å². The van der Waals surface area contributed by atoms with Gasteiger partial charge in [0.2, 0.25) is 0 Å². The molecule has 78 valence electrons. The van der Waals surface area contributed by atoms with Gasteiger partial charge in [-0.05, 0) is 12.1 Å². The topological polar surface area (TPSA) is 64.7 Å². The molecule has 0 saturated carbocycles. The van der Waals surface area contributed by atoms with Gasteiger partial charge < -0.3 is 5.73 Å². The van der Waals surface area contributed by atoms with Crippen molar-refractivity contribution >= 4 is 27.2 Å². The Bertz CT molecular complexity index is 614. The highest BCUT2D eigenvalue weighted by molar-refractivity contribution is 7.21. The van der Waals surface area contributed by atoms with E-state index in [4.69, 9.17) is 5.73 Å². The van der Waals surface area contributed by atoms with Crippen LogP contribution < -0.4 is 5.73 Å². The van der Waals surface area contributed by atoms with Gasteiger partial charge in [0.1, 0.15) is 10.5 Å². The largest absolute Gasteiger partial charge is 0.397 e. The molecule has 3 heterocycles. The average Bonchev–Trinajstić information content (AvgIpc) is 2.72. The molecule has 0 radical (unpaired) electrons. The molecule has 2 N–H and O–H groups in total. The van der Waals surface area contributed by atoms with Gasteiger partial charge in [-0.1, -0.05) is 0 Å². The maximum absolute atomic E-state index is 5.69. The molecule has 0 spiro atoms. The zero-order chi connectivity index (χ0) is 11.0. The van der Waals surface area contributed by atoms with Crippen LogP contribution in [-0.2, 0) is 0 Å². The molecule has 0 bridgehead atoms. The van der Waals surface area contributed by atoms with Gasteiger partial charge in [0.05, 0.1) is 16.6 Å². The van der Waals surface area contributed by atoms with Crippen molar-refractivity contribution in [2.75, 3.05) is 5.73 Å². The lowest BCUT2D eigenvalue weighted by Crippen LogP contribution is -1.86. The van der Waals surface area contributed by atoms with Crippen LogP contribution in [0.1, 0.15) is 0 Å². The summed E-state index contributed by atoms with van der Waals surface area (Å²) in [7, 11) is 0. The third-order valence-corrected chi connectivity index (χ3v) is 3.28. The molecular weight excluding hydrogens is 220 g/mol. The molecule has 0 fully saturated rings. The number of nitrogens with two attached hydrogens (primary N) is 1. The second-order valence-electron chi connectivity index (χ2n) is 3.37. The average molecular weight is 228 g/mol. The van der Waals surface area contributed by atoms with Gasteiger partial charge in [-0.2, -0.15) is 0 Å². The first-order chi connectivity index (χ1) is 7.83. The molecular formula is C11H8N4S. The van der Waals surface area contributed by atoms with Crippen molar-refractivity contribution < 1.29 is 0 Å². The summed E-state index contributed by atoms with van der Waals surface area (Å²) in [5, 5.41) is 0.919. The Morgan fingerprint density at radius 3 is 2.88 bits per heavy atom. The number of nitrogen functional groups attached to an aromatic ring is 1. The predicted octanol–water partition coefficient (Wildman–Crippen LogP) is 2.34. The highest BCUT2D eigenvalue weighted by atomic mass is 32.1. The lowest BCUT2D eigenvalue weighted by molar-refractivity contribution is 1.31. The first kappa shape index (κ1) is 9.23. The fraction of sp³-hybridized carbons (Fsp3) is 0. The van der Waals surface area contributed by atoms with E-state index in [2.05, 4.69) is 15.0 Å². The van der Waals surface area contributed by atoms with E-state index < -0.39 is 0 Å². The first-order valence-corrected chi connectivity index (χ1v) is 5.56. The van der Waals surface area contributed by atoms with Crippen molar-refractivity contribution in [1.29, 1.82) is 0 Å². The van der Waals surface area contributed by atoms with E-state index in [1.54, 1.807) is 36.1 Å². The number of fused-ring (bicyclic) bond motifs is 1. The smallest absolute Gasteiger partial charge is 0.126 e. The van der Waals surface area contributed by atoms with Gasteiger partial charge in [0.25, 0.3) is 0 Å². The Balaban J connectivity index is 2.19. The molecule has 0 unspecified atom stereocenters. The zero-order valence-corrected chi connectivity index (χ0v) is 9.11. The second kappa shape index (κ2) is 3.53. The van der Waals surface area contributed by atoms with Crippen LogP contribution in [0.15, 0.2) is 36.9 Å². The maximum Gasteiger partial charge on any atom is 0.126 e. The summed E-state index contributed by atoms with van der Waals surface area (Å²) in [5.41, 5.74) is 8.19. The highest BCUT2D eigenvalue weighted by Gasteiger charge is 2.06. The summed E-state index contributed by atoms with van der Waals surface area (Å²) >= 11 is 1.61. The molecule has 0 amide bonds. The second-order valence-corrected chi connectivity index (χ2v) is 4.40. The van der Waals surface area contributed by atoms with Crippen LogP contribution in [0.3, 0.4) is 0 Å². The van der Waals surface area contributed by atoms with Gasteiger partial charge >= 0.3 is 0 Å². The molecule has 3 aromatic heterocycles. The van der Waals surface area contributed by atoms with Crippen molar-refractivity contribution in [3.05, 3.63) is 36.9 Å². The Hall–Kier alpha value is -2.01. The number of pyridine rings is 2. The summed E-state index contributed by atoms with van der Waals surface area (Å²) in [6.45, 7) is 0. The van der Waals surface area contributed by atoms with Gasteiger partial charge in [-0.15, -0.1) is 11.3 Å². The minimum atomic E-state index is 0.648. The fourth-order valence-corrected chi connectivity index (χ4v) is 2.39. The van der Waals surface area contributed by atoms with Crippen LogP contribution in [0, 0.1) is 0 Å². The summed E-state index contributed by atoms with van der Waals surface area (Å²) in [6.07, 6.45) is 6.91. The van der Waals surface area contributed by atoms with Crippen LogP contribution in [0.5, 0.6) is 0 Å². The molecule has 0 atom stereocenters. The predicted molar refractivity (Wildman–Crippen MR) is 65.1 cm³/mol. The summed E-state index contributed by atoms with van der Waals surface area (Å²) in [4.78, 5) is 12.6. The SMILES string of the molecule is Nc1cncc(-c2nc3cnccc3s2)c1. The van der Waals surface area contributed by atoms with Crippen molar-refractivity contribution in [3.63, 3.8) is 0 Å². The minimum Gasteiger partial charge on any atom is -0.397 e. The maximum atomic E-state index is 5.69. The standard InChI is InChI=1S/C11H8N4S/c12-8-3-7(4-14-5-8)11-15-9-6-13-2-1-10(9)16-11/h1-6H,12H2. The van der Waals surface area contributed by atoms with Crippen LogP contribution in [-0.4, -0.2) is 15.0 Å². The van der Waals surface area contributed by atoms with Crippen LogP contribution in [0.4, 0.5) is 5.69 Å². The normalized spacial score (nSPS) is 10.8. The van der Waals surface area contributed by atoms with E-state index in [-0.39, 0.29) is 0 Å². The zero-order valence-electron chi connectivity index (χ0n) is 8.29. The quantitative estimate of drug-likeness (QED) is 0.694. The van der Waals surface area contributed by atoms with Crippen molar-refractivity contribution in [2.45, 2.75) is 0 Å². The Kier molecular flexibility index (Phi) is 2.04. The molecule has 5 heteroatoms. The van der Waals surface area contributed by atoms with Gasteiger partial charge in [-0.3, -0.25) is 9.97 Å². The Labute approximate surface area is 95.8 Å². The molecule has 3 rings (SSSR count). The lowest BCUT2D eigenvalue weighted by Gasteiger charge is -1.95. The molecule has 0 saturated heterocycles. The lowest BCUT2D eigenvalue weighted by atomic mass is 10.3. The molecule has 4 nitrogen and oxygen atoms in total. The Morgan fingerprint density at radius 2 is 2.06 bits per heavy atom. The van der Waals surface area contributed by atoms with E-state index in [1.807, 2.05) is 12.1 Å². The van der Waals surface area contributed by atoms with Crippen LogP contribution in [0.2, 0.25) is 0 Å². The third-order valence-electron chi connectivity index (χ3n) is 2.20. The summed E-state index contributed by atoms with van der Waals surface area (Å²) < 4.78 is 1.12. The number of hydrogen-bond donors (Lipinski definition) is 1. The van der Waals surface area contributed by atoms with Gasteiger partial charge in [-0.25, -0.2) is 4.98 Å². The number of nitrogens with zero attached hydrogens (tertiary/aromatic N) is 3. The highest BCUT2D eigenvalue weighted by Crippen LogP contribution is 2.29. The number of aromatic nitrogens is 3. The number of thiazole rings is 1. The summed E-state index contributed by atoms with van der Waals surface area (Å²) in [6, 6.07) is 3.83. The first-order valence-electron chi connectivity index (χ1n) is 4.74. The van der Waals surface area contributed by atoms with Gasteiger partial charge in [0, 0.05) is 24.2 Å². The molecule has 0 aliphatic heterocycles. The van der Waals surface area contributed by atoms with E-state index in [0.717, 1.165) is 20.8 Å².